The topological polar surface area (TPSA) is 26.3 Å². The number of rotatable bonds is 7. The number of carbonyl (C=O) groups is 1. The van der Waals surface area contributed by atoms with Gasteiger partial charge in [-0.15, -0.1) is 0 Å². The third kappa shape index (κ3) is 5.03. The predicted octanol–water partition coefficient (Wildman–Crippen LogP) is 9.35. The van der Waals surface area contributed by atoms with E-state index in [4.69, 9.17) is 4.43 Å². The molecule has 0 radical (unpaired) electrons. The molecule has 0 aromatic heterocycles. The van der Waals surface area contributed by atoms with E-state index in [1.165, 1.54) is 44.9 Å². The summed E-state index contributed by atoms with van der Waals surface area (Å²) in [4.78, 5) is 13.3. The maximum Gasteiger partial charge on any atom is 0.192 e. The number of ketones is 1. The van der Waals surface area contributed by atoms with E-state index in [1.54, 1.807) is 5.57 Å². The highest BCUT2D eigenvalue weighted by Gasteiger charge is 2.59. The number of fused-ring (bicyclic) bond motifs is 5. The van der Waals surface area contributed by atoms with Crippen LogP contribution in [-0.2, 0) is 9.22 Å². The quantitative estimate of drug-likeness (QED) is 0.257. The zero-order chi connectivity index (χ0) is 25.8. The fourth-order valence-corrected chi connectivity index (χ4v) is 10.1. The van der Waals surface area contributed by atoms with Crippen molar-refractivity contribution in [3.8, 4) is 0 Å². The Morgan fingerprint density at radius 3 is 2.46 bits per heavy atom. The van der Waals surface area contributed by atoms with Crippen molar-refractivity contribution >= 4 is 14.1 Å². The molecule has 35 heavy (non-hydrogen) atoms. The molecule has 4 rings (SSSR count). The average Bonchev–Trinajstić information content (AvgIpc) is 3.10. The van der Waals surface area contributed by atoms with E-state index in [-0.39, 0.29) is 10.5 Å². The number of allylic oxidation sites excluding steroid dienone is 1. The number of hydrogen-bond donors (Lipinski definition) is 0. The van der Waals surface area contributed by atoms with Gasteiger partial charge in [-0.2, -0.15) is 0 Å². The van der Waals surface area contributed by atoms with E-state index in [0.717, 1.165) is 43.4 Å². The average molecular weight is 501 g/mol. The fourth-order valence-electron chi connectivity index (χ4n) is 8.71. The Labute approximate surface area is 218 Å². The van der Waals surface area contributed by atoms with Gasteiger partial charge < -0.3 is 4.43 Å². The van der Waals surface area contributed by atoms with Crippen molar-refractivity contribution in [3.05, 3.63) is 11.6 Å². The maximum atomic E-state index is 13.3. The van der Waals surface area contributed by atoms with Crippen molar-refractivity contribution in [2.24, 2.45) is 40.4 Å². The first-order chi connectivity index (χ1) is 16.2. The van der Waals surface area contributed by atoms with Gasteiger partial charge in [-0.3, -0.25) is 4.79 Å². The van der Waals surface area contributed by atoms with Crippen molar-refractivity contribution in [2.45, 2.75) is 143 Å². The Morgan fingerprint density at radius 1 is 1.09 bits per heavy atom. The summed E-state index contributed by atoms with van der Waals surface area (Å²) in [7, 11) is -1.73. The largest absolute Gasteiger partial charge is 0.414 e. The first-order valence-corrected chi connectivity index (χ1v) is 18.0. The minimum atomic E-state index is -1.73. The molecule has 3 saturated carbocycles. The van der Waals surface area contributed by atoms with Gasteiger partial charge in [-0.25, -0.2) is 0 Å². The van der Waals surface area contributed by atoms with Gasteiger partial charge in [0.1, 0.15) is 5.78 Å². The van der Waals surface area contributed by atoms with Crippen LogP contribution in [0, 0.1) is 40.4 Å². The van der Waals surface area contributed by atoms with Gasteiger partial charge in [0, 0.05) is 18.4 Å². The summed E-state index contributed by atoms with van der Waals surface area (Å²) < 4.78 is 6.91. The van der Waals surface area contributed by atoms with Crippen LogP contribution in [0.25, 0.3) is 0 Å². The SMILES string of the molecule is CC(C)CCCC(=O)[C@H]1CC[C@H]2[C@@H]3CC=C4CC(O[Si](C)(C)C(C)(C)C)CC[C@]4(C)[C@H]3CC[C@]12C. The van der Waals surface area contributed by atoms with Gasteiger partial charge >= 0.3 is 0 Å². The monoisotopic (exact) mass is 500 g/mol. The van der Waals surface area contributed by atoms with Crippen molar-refractivity contribution in [1.82, 2.24) is 0 Å². The Morgan fingerprint density at radius 2 is 1.80 bits per heavy atom. The third-order valence-electron chi connectivity index (χ3n) is 11.9. The van der Waals surface area contributed by atoms with E-state index >= 15 is 0 Å². The van der Waals surface area contributed by atoms with E-state index < -0.39 is 8.32 Å². The molecule has 200 valence electrons. The van der Waals surface area contributed by atoms with E-state index in [0.29, 0.717) is 29.1 Å². The summed E-state index contributed by atoms with van der Waals surface area (Å²) in [6, 6.07) is 0. The highest BCUT2D eigenvalue weighted by molar-refractivity contribution is 6.74. The lowest BCUT2D eigenvalue weighted by atomic mass is 9.47. The molecule has 0 saturated heterocycles. The Hall–Kier alpha value is -0.413. The highest BCUT2D eigenvalue weighted by atomic mass is 28.4. The molecule has 1 unspecified atom stereocenters. The first-order valence-electron chi connectivity index (χ1n) is 15.1. The Kier molecular flexibility index (Phi) is 7.67. The molecule has 0 aromatic rings. The van der Waals surface area contributed by atoms with E-state index in [1.807, 2.05) is 0 Å². The van der Waals surface area contributed by atoms with Crippen LogP contribution in [0.15, 0.2) is 11.6 Å². The Bertz CT molecular complexity index is 820. The molecule has 0 heterocycles. The van der Waals surface area contributed by atoms with E-state index in [9.17, 15) is 4.79 Å². The zero-order valence-corrected chi connectivity index (χ0v) is 25.6. The van der Waals surface area contributed by atoms with E-state index in [2.05, 4.69) is 67.6 Å². The van der Waals surface area contributed by atoms with Gasteiger partial charge in [0.2, 0.25) is 0 Å². The molecule has 0 aromatic carbocycles. The summed E-state index contributed by atoms with van der Waals surface area (Å²) in [5.41, 5.74) is 2.33. The molecule has 3 fully saturated rings. The number of hydrogen-bond acceptors (Lipinski definition) is 2. The molecule has 4 aliphatic carbocycles. The summed E-state index contributed by atoms with van der Waals surface area (Å²) in [6.45, 7) is 21.6. The van der Waals surface area contributed by atoms with Crippen molar-refractivity contribution in [1.29, 1.82) is 0 Å². The van der Waals surface area contributed by atoms with Gasteiger partial charge in [0.15, 0.2) is 8.32 Å². The van der Waals surface area contributed by atoms with Crippen LogP contribution in [-0.4, -0.2) is 20.2 Å². The summed E-state index contributed by atoms with van der Waals surface area (Å²) >= 11 is 0. The van der Waals surface area contributed by atoms with Gasteiger partial charge in [0.05, 0.1) is 0 Å². The highest BCUT2D eigenvalue weighted by Crippen LogP contribution is 2.66. The summed E-state index contributed by atoms with van der Waals surface area (Å²) in [6.07, 6.45) is 16.1. The maximum absolute atomic E-state index is 13.3. The second-order valence-electron chi connectivity index (χ2n) is 15.4. The number of Topliss-reactive ketones (excluding diaryl/α,β-unsaturated/α-hetero) is 1. The van der Waals surface area contributed by atoms with Crippen molar-refractivity contribution in [2.75, 3.05) is 0 Å². The lowest BCUT2D eigenvalue weighted by Gasteiger charge is -2.58. The van der Waals surface area contributed by atoms with Crippen LogP contribution in [0.5, 0.6) is 0 Å². The van der Waals surface area contributed by atoms with Crippen LogP contribution in [0.3, 0.4) is 0 Å². The molecule has 0 amide bonds. The summed E-state index contributed by atoms with van der Waals surface area (Å²) in [5, 5.41) is 0.277. The molecular formula is C32H56O2Si. The third-order valence-corrected chi connectivity index (χ3v) is 16.5. The molecule has 4 aliphatic rings. The standard InChI is InChI=1S/C32H56O2Si/c1-22(2)11-10-12-29(33)28-16-15-26-25-14-13-23-21-24(34-35(8,9)30(3,4)5)17-19-31(23,6)27(25)18-20-32(26,28)7/h13,22,24-28H,10-12,14-21H2,1-9H3/t24?,25-,26-,27-,28+,31-,32-/m0/s1. The molecule has 0 spiro atoms. The van der Waals surface area contributed by atoms with Crippen molar-refractivity contribution < 1.29 is 9.22 Å². The zero-order valence-electron chi connectivity index (χ0n) is 24.6. The lowest BCUT2D eigenvalue weighted by molar-refractivity contribution is -0.129. The molecule has 3 heteroatoms. The molecule has 0 N–H and O–H groups in total. The molecule has 0 bridgehead atoms. The van der Waals surface area contributed by atoms with Crippen LogP contribution in [0.4, 0.5) is 0 Å². The van der Waals surface area contributed by atoms with Gasteiger partial charge in [-0.1, -0.05) is 66.5 Å². The minimum Gasteiger partial charge on any atom is -0.414 e. The molecule has 0 aliphatic heterocycles. The van der Waals surface area contributed by atoms with Crippen molar-refractivity contribution in [3.63, 3.8) is 0 Å². The second-order valence-corrected chi connectivity index (χ2v) is 20.2. The molecule has 7 atom stereocenters. The second kappa shape index (κ2) is 9.72. The Balaban J connectivity index is 1.46. The molecular weight excluding hydrogens is 444 g/mol. The smallest absolute Gasteiger partial charge is 0.192 e. The van der Waals surface area contributed by atoms with Crippen LogP contribution >= 0.6 is 0 Å². The minimum absolute atomic E-state index is 0.250. The molecule has 2 nitrogen and oxygen atoms in total. The van der Waals surface area contributed by atoms with Gasteiger partial charge in [0.25, 0.3) is 0 Å². The van der Waals surface area contributed by atoms with Crippen LogP contribution < -0.4 is 0 Å². The lowest BCUT2D eigenvalue weighted by Crippen LogP contribution is -2.52. The van der Waals surface area contributed by atoms with Crippen LogP contribution in [0.2, 0.25) is 18.1 Å². The van der Waals surface area contributed by atoms with Crippen LogP contribution in [0.1, 0.15) is 119 Å². The summed E-state index contributed by atoms with van der Waals surface area (Å²) in [5.74, 6) is 3.97. The fraction of sp³-hybridized carbons (Fsp3) is 0.906. The normalized spacial score (nSPS) is 39.6. The van der Waals surface area contributed by atoms with Gasteiger partial charge in [-0.05, 0) is 110 Å². The first kappa shape index (κ1) is 27.6. The predicted molar refractivity (Wildman–Crippen MR) is 151 cm³/mol. The number of carbonyl (C=O) groups excluding carboxylic acids is 1.